The van der Waals surface area contributed by atoms with Crippen LogP contribution >= 0.6 is 11.3 Å². The largest absolute Gasteiger partial charge is 0.369 e. The van der Waals surface area contributed by atoms with Crippen LogP contribution in [0.1, 0.15) is 23.4 Å². The summed E-state index contributed by atoms with van der Waals surface area (Å²) < 4.78 is 14.1. The van der Waals surface area contributed by atoms with E-state index >= 15 is 0 Å². The van der Waals surface area contributed by atoms with E-state index in [2.05, 4.69) is 21.7 Å². The zero-order chi connectivity index (χ0) is 13.8. The lowest BCUT2D eigenvalue weighted by Gasteiger charge is -2.25. The van der Waals surface area contributed by atoms with Crippen LogP contribution in [0.3, 0.4) is 0 Å². The normalized spacial score (nSPS) is 12.4. The standard InChI is InChI=1S/C15H19FN2S/c1-11(17-2)15-13(16)7-4-8-14(15)18(3)10-12-6-5-9-19-12/h4-9,11,17H,10H2,1-3H3. The van der Waals surface area contributed by atoms with Gasteiger partial charge in [-0.3, -0.25) is 0 Å². The molecule has 0 amide bonds. The highest BCUT2D eigenvalue weighted by Crippen LogP contribution is 2.29. The van der Waals surface area contributed by atoms with Gasteiger partial charge in [-0.05, 0) is 37.6 Å². The van der Waals surface area contributed by atoms with Gasteiger partial charge in [-0.25, -0.2) is 4.39 Å². The van der Waals surface area contributed by atoms with Crippen molar-refractivity contribution in [2.75, 3.05) is 19.0 Å². The summed E-state index contributed by atoms with van der Waals surface area (Å²) in [6.45, 7) is 2.77. The van der Waals surface area contributed by atoms with Gasteiger partial charge in [0.15, 0.2) is 0 Å². The number of nitrogens with one attached hydrogen (secondary N) is 1. The molecule has 1 heterocycles. The molecule has 0 saturated heterocycles. The molecule has 19 heavy (non-hydrogen) atoms. The second kappa shape index (κ2) is 6.17. The van der Waals surface area contributed by atoms with E-state index in [-0.39, 0.29) is 11.9 Å². The van der Waals surface area contributed by atoms with Crippen LogP contribution in [0.25, 0.3) is 0 Å². The zero-order valence-electron chi connectivity index (χ0n) is 11.5. The molecule has 0 saturated carbocycles. The van der Waals surface area contributed by atoms with E-state index in [0.29, 0.717) is 0 Å². The molecular formula is C15H19FN2S. The predicted molar refractivity (Wildman–Crippen MR) is 80.3 cm³/mol. The minimum atomic E-state index is -0.155. The van der Waals surface area contributed by atoms with E-state index in [1.807, 2.05) is 33.2 Å². The molecule has 0 spiro atoms. The number of rotatable bonds is 5. The molecule has 1 N–H and O–H groups in total. The summed E-state index contributed by atoms with van der Waals surface area (Å²) in [4.78, 5) is 3.37. The third-order valence-corrected chi connectivity index (χ3v) is 4.14. The van der Waals surface area contributed by atoms with E-state index in [1.165, 1.54) is 10.9 Å². The van der Waals surface area contributed by atoms with Crippen molar-refractivity contribution < 1.29 is 4.39 Å². The topological polar surface area (TPSA) is 15.3 Å². The van der Waals surface area contributed by atoms with Crippen LogP contribution in [0.4, 0.5) is 10.1 Å². The van der Waals surface area contributed by atoms with Gasteiger partial charge in [0.25, 0.3) is 0 Å². The van der Waals surface area contributed by atoms with Gasteiger partial charge in [0.2, 0.25) is 0 Å². The molecular weight excluding hydrogens is 259 g/mol. The lowest BCUT2D eigenvalue weighted by molar-refractivity contribution is 0.561. The van der Waals surface area contributed by atoms with Gasteiger partial charge < -0.3 is 10.2 Å². The molecule has 0 fully saturated rings. The van der Waals surface area contributed by atoms with Crippen LogP contribution in [-0.4, -0.2) is 14.1 Å². The molecule has 0 aliphatic heterocycles. The summed E-state index contributed by atoms with van der Waals surface area (Å²) in [5.41, 5.74) is 1.67. The second-order valence-corrected chi connectivity index (χ2v) is 5.65. The highest BCUT2D eigenvalue weighted by molar-refractivity contribution is 7.09. The maximum absolute atomic E-state index is 14.1. The van der Waals surface area contributed by atoms with E-state index in [1.54, 1.807) is 17.4 Å². The summed E-state index contributed by atoms with van der Waals surface area (Å²) in [7, 11) is 3.85. The first-order valence-corrected chi connectivity index (χ1v) is 7.20. The van der Waals surface area contributed by atoms with Crippen LogP contribution in [0, 0.1) is 5.82 Å². The fourth-order valence-corrected chi connectivity index (χ4v) is 2.91. The SMILES string of the molecule is CNC(C)c1c(F)cccc1N(C)Cc1cccs1. The number of hydrogen-bond donors (Lipinski definition) is 1. The van der Waals surface area contributed by atoms with E-state index in [4.69, 9.17) is 0 Å². The number of hydrogen-bond acceptors (Lipinski definition) is 3. The molecule has 4 heteroatoms. The van der Waals surface area contributed by atoms with Gasteiger partial charge in [0.05, 0.1) is 6.54 Å². The van der Waals surface area contributed by atoms with Crippen molar-refractivity contribution in [2.45, 2.75) is 19.5 Å². The van der Waals surface area contributed by atoms with Crippen LogP contribution in [0.15, 0.2) is 35.7 Å². The first kappa shape index (κ1) is 14.0. The number of thiophene rings is 1. The van der Waals surface area contributed by atoms with Crippen molar-refractivity contribution in [3.63, 3.8) is 0 Å². The quantitative estimate of drug-likeness (QED) is 0.895. The van der Waals surface area contributed by atoms with Gasteiger partial charge in [-0.2, -0.15) is 0 Å². The van der Waals surface area contributed by atoms with Crippen molar-refractivity contribution in [2.24, 2.45) is 0 Å². The van der Waals surface area contributed by atoms with Crippen molar-refractivity contribution in [1.82, 2.24) is 5.32 Å². The molecule has 2 nitrogen and oxygen atoms in total. The summed E-state index contributed by atoms with van der Waals surface area (Å²) >= 11 is 1.72. The number of halogens is 1. The maximum atomic E-state index is 14.1. The summed E-state index contributed by atoms with van der Waals surface area (Å²) in [5, 5.41) is 5.17. The van der Waals surface area contributed by atoms with Gasteiger partial charge in [0, 0.05) is 29.2 Å². The average molecular weight is 278 g/mol. The zero-order valence-corrected chi connectivity index (χ0v) is 12.3. The van der Waals surface area contributed by atoms with Gasteiger partial charge in [-0.15, -0.1) is 11.3 Å². The first-order chi connectivity index (χ1) is 9.13. The Kier molecular flexibility index (Phi) is 4.56. The fraction of sp³-hybridized carbons (Fsp3) is 0.333. The van der Waals surface area contributed by atoms with E-state index < -0.39 is 0 Å². The highest BCUT2D eigenvalue weighted by atomic mass is 32.1. The first-order valence-electron chi connectivity index (χ1n) is 6.32. The number of nitrogens with zero attached hydrogens (tertiary/aromatic N) is 1. The lowest BCUT2D eigenvalue weighted by atomic mass is 10.0. The Morgan fingerprint density at radius 3 is 2.74 bits per heavy atom. The van der Waals surface area contributed by atoms with Gasteiger partial charge in [-0.1, -0.05) is 12.1 Å². The molecule has 2 aromatic rings. The highest BCUT2D eigenvalue weighted by Gasteiger charge is 2.17. The van der Waals surface area contributed by atoms with Crippen molar-refractivity contribution in [3.8, 4) is 0 Å². The molecule has 0 aliphatic carbocycles. The van der Waals surface area contributed by atoms with Crippen molar-refractivity contribution in [1.29, 1.82) is 0 Å². The second-order valence-electron chi connectivity index (χ2n) is 4.62. The smallest absolute Gasteiger partial charge is 0.130 e. The van der Waals surface area contributed by atoms with Crippen LogP contribution in [0.5, 0.6) is 0 Å². The Bertz CT molecular complexity index is 525. The fourth-order valence-electron chi connectivity index (χ4n) is 2.15. The molecule has 0 bridgehead atoms. The van der Waals surface area contributed by atoms with Crippen LogP contribution in [-0.2, 0) is 6.54 Å². The molecule has 1 aromatic carbocycles. The van der Waals surface area contributed by atoms with Crippen molar-refractivity contribution >= 4 is 17.0 Å². The summed E-state index contributed by atoms with van der Waals surface area (Å²) in [6.07, 6.45) is 0. The minimum Gasteiger partial charge on any atom is -0.369 e. The predicted octanol–water partition coefficient (Wildman–Crippen LogP) is 3.80. The van der Waals surface area contributed by atoms with Crippen LogP contribution in [0.2, 0.25) is 0 Å². The molecule has 1 unspecified atom stereocenters. The van der Waals surface area contributed by atoms with Gasteiger partial charge in [0.1, 0.15) is 5.82 Å². The summed E-state index contributed by atoms with van der Waals surface area (Å²) in [5.74, 6) is -0.155. The molecule has 102 valence electrons. The Morgan fingerprint density at radius 2 is 2.11 bits per heavy atom. The molecule has 0 radical (unpaired) electrons. The molecule has 0 aliphatic rings. The third kappa shape index (κ3) is 3.14. The van der Waals surface area contributed by atoms with Crippen molar-refractivity contribution in [3.05, 3.63) is 52.0 Å². The maximum Gasteiger partial charge on any atom is 0.130 e. The third-order valence-electron chi connectivity index (χ3n) is 3.28. The van der Waals surface area contributed by atoms with Gasteiger partial charge >= 0.3 is 0 Å². The Labute approximate surface area is 117 Å². The van der Waals surface area contributed by atoms with E-state index in [0.717, 1.165) is 17.8 Å². The average Bonchev–Trinajstić information content (AvgIpc) is 2.90. The monoisotopic (exact) mass is 278 g/mol. The molecule has 1 aromatic heterocycles. The molecule has 1 atom stereocenters. The minimum absolute atomic E-state index is 0.0121. The Morgan fingerprint density at radius 1 is 1.32 bits per heavy atom. The Hall–Kier alpha value is -1.39. The number of benzene rings is 1. The molecule has 2 rings (SSSR count). The summed E-state index contributed by atoms with van der Waals surface area (Å²) in [6, 6.07) is 9.38. The lowest BCUT2D eigenvalue weighted by Crippen LogP contribution is -2.22. The van der Waals surface area contributed by atoms with E-state index in [9.17, 15) is 4.39 Å². The Balaban J connectivity index is 2.30. The van der Waals surface area contributed by atoms with Crippen LogP contribution < -0.4 is 10.2 Å². The number of anilines is 1.